The molecule has 1 aliphatic rings. The van der Waals surface area contributed by atoms with E-state index in [-0.39, 0.29) is 11.7 Å². The summed E-state index contributed by atoms with van der Waals surface area (Å²) in [6, 6.07) is 0. The molecule has 0 aliphatic carbocycles. The Morgan fingerprint density at radius 2 is 2.00 bits per heavy atom. The standard InChI is InChI=1S/C15H25NO2S2/c1-4-6-8-13(17)10-19-12(3)14-15(18)16(11-20-14)9-7-5-2/h4-11H2,1-3H3. The average molecular weight is 316 g/mol. The fourth-order valence-electron chi connectivity index (χ4n) is 1.87. The van der Waals surface area contributed by atoms with E-state index in [0.717, 1.165) is 47.9 Å². The smallest absolute Gasteiger partial charge is 0.261 e. The molecule has 1 amide bonds. The highest BCUT2D eigenvalue weighted by Crippen LogP contribution is 2.35. The summed E-state index contributed by atoms with van der Waals surface area (Å²) in [7, 11) is 0. The van der Waals surface area contributed by atoms with Crippen LogP contribution < -0.4 is 0 Å². The zero-order valence-corrected chi connectivity index (χ0v) is 14.4. The second-order valence-corrected chi connectivity index (χ2v) is 7.16. The maximum Gasteiger partial charge on any atom is 0.261 e. The average Bonchev–Trinajstić information content (AvgIpc) is 2.81. The number of ketones is 1. The van der Waals surface area contributed by atoms with Gasteiger partial charge in [-0.15, -0.1) is 11.8 Å². The highest BCUT2D eigenvalue weighted by atomic mass is 32.2. The number of nitrogens with zero attached hydrogens (tertiary/aromatic N) is 1. The van der Waals surface area contributed by atoms with Gasteiger partial charge in [0.15, 0.2) is 0 Å². The molecule has 114 valence electrons. The van der Waals surface area contributed by atoms with Crippen LogP contribution in [0.25, 0.3) is 0 Å². The first kappa shape index (κ1) is 17.6. The number of rotatable bonds is 9. The third-order valence-corrected chi connectivity index (χ3v) is 5.65. The van der Waals surface area contributed by atoms with Crippen LogP contribution in [-0.2, 0) is 9.59 Å². The van der Waals surface area contributed by atoms with E-state index in [0.29, 0.717) is 12.2 Å². The van der Waals surface area contributed by atoms with Crippen LogP contribution in [0.5, 0.6) is 0 Å². The number of Topliss-reactive ketones (excluding diaryl/α,β-unsaturated/α-hetero) is 1. The Bertz CT molecular complexity index is 380. The summed E-state index contributed by atoms with van der Waals surface area (Å²) >= 11 is 3.13. The minimum absolute atomic E-state index is 0.148. The number of carbonyl (C=O) groups is 2. The Labute approximate surface area is 130 Å². The molecular formula is C15H25NO2S2. The van der Waals surface area contributed by atoms with Crippen molar-refractivity contribution < 1.29 is 9.59 Å². The van der Waals surface area contributed by atoms with E-state index in [2.05, 4.69) is 13.8 Å². The van der Waals surface area contributed by atoms with E-state index >= 15 is 0 Å². The van der Waals surface area contributed by atoms with Crippen molar-refractivity contribution in [2.75, 3.05) is 18.2 Å². The third-order valence-electron chi connectivity index (χ3n) is 3.21. The zero-order chi connectivity index (χ0) is 15.0. The number of unbranched alkanes of at least 4 members (excludes halogenated alkanes) is 2. The third kappa shape index (κ3) is 5.52. The molecule has 3 nitrogen and oxygen atoms in total. The van der Waals surface area contributed by atoms with Crippen molar-refractivity contribution in [2.24, 2.45) is 0 Å². The van der Waals surface area contributed by atoms with Crippen molar-refractivity contribution in [1.82, 2.24) is 4.90 Å². The van der Waals surface area contributed by atoms with Gasteiger partial charge in [0.2, 0.25) is 0 Å². The number of amides is 1. The summed E-state index contributed by atoms with van der Waals surface area (Å²) in [4.78, 5) is 27.6. The lowest BCUT2D eigenvalue weighted by Crippen LogP contribution is -2.26. The summed E-state index contributed by atoms with van der Waals surface area (Å²) in [6.07, 6.45) is 4.84. The molecule has 0 aromatic carbocycles. The second-order valence-electron chi connectivity index (χ2n) is 5.01. The van der Waals surface area contributed by atoms with Gasteiger partial charge >= 0.3 is 0 Å². The zero-order valence-electron chi connectivity index (χ0n) is 12.7. The molecule has 1 rings (SSSR count). The fourth-order valence-corrected chi connectivity index (χ4v) is 3.96. The summed E-state index contributed by atoms with van der Waals surface area (Å²) in [5.41, 5.74) is 0. The monoisotopic (exact) mass is 315 g/mol. The molecule has 0 bridgehead atoms. The molecule has 0 spiro atoms. The van der Waals surface area contributed by atoms with Crippen molar-refractivity contribution in [3.63, 3.8) is 0 Å². The molecule has 1 aliphatic heterocycles. The van der Waals surface area contributed by atoms with Gasteiger partial charge in [0.25, 0.3) is 5.91 Å². The van der Waals surface area contributed by atoms with Crippen molar-refractivity contribution >= 4 is 35.2 Å². The minimum atomic E-state index is 0.148. The van der Waals surface area contributed by atoms with Gasteiger partial charge in [0.1, 0.15) is 5.78 Å². The van der Waals surface area contributed by atoms with Crippen LogP contribution in [-0.4, -0.2) is 34.8 Å². The van der Waals surface area contributed by atoms with Crippen molar-refractivity contribution in [2.45, 2.75) is 52.9 Å². The maximum atomic E-state index is 12.2. The molecule has 1 heterocycles. The van der Waals surface area contributed by atoms with Gasteiger partial charge in [-0.3, -0.25) is 9.59 Å². The molecule has 0 atom stereocenters. The first-order chi connectivity index (χ1) is 9.60. The Balaban J connectivity index is 2.46. The molecule has 0 saturated carbocycles. The predicted molar refractivity (Wildman–Crippen MR) is 88.8 cm³/mol. The van der Waals surface area contributed by atoms with Crippen LogP contribution >= 0.6 is 23.5 Å². The Hall–Kier alpha value is -0.420. The van der Waals surface area contributed by atoms with E-state index in [4.69, 9.17) is 0 Å². The molecule has 20 heavy (non-hydrogen) atoms. The first-order valence-electron chi connectivity index (χ1n) is 7.37. The van der Waals surface area contributed by atoms with Crippen molar-refractivity contribution in [1.29, 1.82) is 0 Å². The molecular weight excluding hydrogens is 290 g/mol. The normalized spacial score (nSPS) is 17.8. The topological polar surface area (TPSA) is 37.4 Å². The summed E-state index contributed by atoms with van der Waals surface area (Å²) in [5.74, 6) is 1.69. The van der Waals surface area contributed by atoms with Gasteiger partial charge in [-0.05, 0) is 19.8 Å². The molecule has 0 aromatic rings. The molecule has 1 fully saturated rings. The van der Waals surface area contributed by atoms with Crippen molar-refractivity contribution in [3.05, 3.63) is 9.81 Å². The van der Waals surface area contributed by atoms with E-state index in [1.165, 1.54) is 11.8 Å². The minimum Gasteiger partial charge on any atom is -0.329 e. The van der Waals surface area contributed by atoms with Crippen LogP contribution in [0.3, 0.4) is 0 Å². The summed E-state index contributed by atoms with van der Waals surface area (Å²) < 4.78 is 0. The summed E-state index contributed by atoms with van der Waals surface area (Å²) in [5, 5.41) is 0. The molecule has 1 saturated heterocycles. The lowest BCUT2D eigenvalue weighted by molar-refractivity contribution is -0.124. The summed E-state index contributed by atoms with van der Waals surface area (Å²) in [6.45, 7) is 7.03. The number of thioether (sulfide) groups is 2. The lowest BCUT2D eigenvalue weighted by Gasteiger charge is -2.13. The predicted octanol–water partition coefficient (Wildman–Crippen LogP) is 4.04. The van der Waals surface area contributed by atoms with E-state index in [9.17, 15) is 9.59 Å². The van der Waals surface area contributed by atoms with Crippen LogP contribution in [0.1, 0.15) is 52.9 Å². The second kappa shape index (κ2) is 9.50. The molecule has 5 heteroatoms. The quantitative estimate of drug-likeness (QED) is 0.602. The van der Waals surface area contributed by atoms with Gasteiger partial charge in [-0.25, -0.2) is 0 Å². The van der Waals surface area contributed by atoms with Crippen LogP contribution in [0.4, 0.5) is 0 Å². The van der Waals surface area contributed by atoms with Gasteiger partial charge < -0.3 is 4.90 Å². The number of hydrogen-bond donors (Lipinski definition) is 0. The molecule has 0 unspecified atom stereocenters. The van der Waals surface area contributed by atoms with Crippen molar-refractivity contribution in [3.8, 4) is 0 Å². The molecule has 0 N–H and O–H groups in total. The van der Waals surface area contributed by atoms with Crippen LogP contribution in [0, 0.1) is 0 Å². The lowest BCUT2D eigenvalue weighted by atomic mass is 10.2. The van der Waals surface area contributed by atoms with E-state index in [1.54, 1.807) is 11.8 Å². The number of allylic oxidation sites excluding steroid dienone is 1. The largest absolute Gasteiger partial charge is 0.329 e. The van der Waals surface area contributed by atoms with Crippen LogP contribution in [0.2, 0.25) is 0 Å². The highest BCUT2D eigenvalue weighted by Gasteiger charge is 2.28. The Kier molecular flexibility index (Phi) is 8.38. The maximum absolute atomic E-state index is 12.2. The Morgan fingerprint density at radius 1 is 1.30 bits per heavy atom. The Morgan fingerprint density at radius 3 is 2.65 bits per heavy atom. The van der Waals surface area contributed by atoms with Gasteiger partial charge in [0.05, 0.1) is 16.5 Å². The number of carbonyl (C=O) groups excluding carboxylic acids is 2. The van der Waals surface area contributed by atoms with Gasteiger partial charge in [-0.1, -0.05) is 38.5 Å². The van der Waals surface area contributed by atoms with Crippen LogP contribution in [0.15, 0.2) is 9.81 Å². The fraction of sp³-hybridized carbons (Fsp3) is 0.733. The van der Waals surface area contributed by atoms with E-state index < -0.39 is 0 Å². The SMILES string of the molecule is CCCCC(=O)CSC(C)=C1SCN(CCCC)C1=O. The molecule has 0 radical (unpaired) electrons. The first-order valence-corrected chi connectivity index (χ1v) is 9.34. The number of hydrogen-bond acceptors (Lipinski definition) is 4. The van der Waals surface area contributed by atoms with Gasteiger partial charge in [-0.2, -0.15) is 0 Å². The van der Waals surface area contributed by atoms with Gasteiger partial charge in [0, 0.05) is 17.9 Å². The highest BCUT2D eigenvalue weighted by molar-refractivity contribution is 8.07. The molecule has 0 aromatic heterocycles. The van der Waals surface area contributed by atoms with E-state index in [1.807, 2.05) is 11.8 Å².